The standard InChI is InChI=1S/C24H26Cl2N2O4/c25-16-1-8-21(9-2-16)31-14-20(29)13-27-18-4-6-19(7-5-18)28-24(30)23-12-15-11-17(26)3-10-22(15)32-23/h1-3,8-12,18-20,27,29H,4-7,13-14H2,(H,28,30)/t18-,19-,20-/m0/s1. The number of fused-ring (bicyclic) bond motifs is 1. The minimum Gasteiger partial charge on any atom is -0.491 e. The number of benzene rings is 2. The third-order valence-corrected chi connectivity index (χ3v) is 6.15. The van der Waals surface area contributed by atoms with Crippen molar-refractivity contribution in [2.45, 2.75) is 43.9 Å². The van der Waals surface area contributed by atoms with Crippen LogP contribution in [0.25, 0.3) is 11.0 Å². The quantitative estimate of drug-likeness (QED) is 0.434. The Morgan fingerprint density at radius 3 is 2.47 bits per heavy atom. The molecule has 0 saturated heterocycles. The summed E-state index contributed by atoms with van der Waals surface area (Å²) < 4.78 is 11.2. The van der Waals surface area contributed by atoms with Crippen LogP contribution in [0, 0.1) is 0 Å². The van der Waals surface area contributed by atoms with Gasteiger partial charge in [-0.15, -0.1) is 0 Å². The molecule has 1 atom stereocenters. The monoisotopic (exact) mass is 476 g/mol. The van der Waals surface area contributed by atoms with Crippen molar-refractivity contribution in [3.05, 3.63) is 64.3 Å². The molecular weight excluding hydrogens is 451 g/mol. The number of aliphatic hydroxyl groups is 1. The van der Waals surface area contributed by atoms with Crippen LogP contribution in [0.1, 0.15) is 36.2 Å². The van der Waals surface area contributed by atoms with Gasteiger partial charge in [0.2, 0.25) is 0 Å². The van der Waals surface area contributed by atoms with Gasteiger partial charge in [-0.3, -0.25) is 4.79 Å². The van der Waals surface area contributed by atoms with Gasteiger partial charge in [0.15, 0.2) is 5.76 Å². The predicted octanol–water partition coefficient (Wildman–Crippen LogP) is 4.81. The van der Waals surface area contributed by atoms with Crippen molar-refractivity contribution in [3.8, 4) is 5.75 Å². The molecule has 8 heteroatoms. The van der Waals surface area contributed by atoms with Gasteiger partial charge >= 0.3 is 0 Å². The van der Waals surface area contributed by atoms with Crippen LogP contribution < -0.4 is 15.4 Å². The van der Waals surface area contributed by atoms with Crippen molar-refractivity contribution < 1.29 is 19.1 Å². The van der Waals surface area contributed by atoms with E-state index in [1.165, 1.54) is 0 Å². The summed E-state index contributed by atoms with van der Waals surface area (Å²) >= 11 is 11.9. The summed E-state index contributed by atoms with van der Waals surface area (Å²) in [5.74, 6) is 0.770. The van der Waals surface area contributed by atoms with Crippen molar-refractivity contribution in [1.82, 2.24) is 10.6 Å². The zero-order valence-electron chi connectivity index (χ0n) is 17.5. The second-order valence-corrected chi connectivity index (χ2v) is 9.01. The van der Waals surface area contributed by atoms with Crippen LogP contribution in [-0.4, -0.2) is 42.4 Å². The second kappa shape index (κ2) is 10.6. The molecule has 3 N–H and O–H groups in total. The Kier molecular flexibility index (Phi) is 7.58. The number of carbonyl (C=O) groups is 1. The highest BCUT2D eigenvalue weighted by atomic mass is 35.5. The van der Waals surface area contributed by atoms with E-state index in [4.69, 9.17) is 32.4 Å². The van der Waals surface area contributed by atoms with E-state index in [1.807, 2.05) is 0 Å². The number of furan rings is 1. The fourth-order valence-corrected chi connectivity index (χ4v) is 4.22. The number of amides is 1. The first-order valence-electron chi connectivity index (χ1n) is 10.8. The van der Waals surface area contributed by atoms with E-state index < -0.39 is 6.10 Å². The third-order valence-electron chi connectivity index (χ3n) is 5.66. The SMILES string of the molecule is O=C(N[C@H]1CC[C@H](NC[C@H](O)COc2ccc(Cl)cc2)CC1)c1cc2cc(Cl)ccc2o1. The molecule has 1 aliphatic rings. The van der Waals surface area contributed by atoms with E-state index >= 15 is 0 Å². The van der Waals surface area contributed by atoms with Crippen LogP contribution in [0.2, 0.25) is 10.0 Å². The first kappa shape index (κ1) is 22.9. The molecule has 1 amide bonds. The van der Waals surface area contributed by atoms with Crippen molar-refractivity contribution in [2.24, 2.45) is 0 Å². The van der Waals surface area contributed by atoms with Gasteiger partial charge in [0.25, 0.3) is 5.91 Å². The molecule has 4 rings (SSSR count). The van der Waals surface area contributed by atoms with Crippen LogP contribution in [0.15, 0.2) is 52.9 Å². The molecule has 32 heavy (non-hydrogen) atoms. The van der Waals surface area contributed by atoms with Crippen LogP contribution in [0.5, 0.6) is 5.75 Å². The summed E-state index contributed by atoms with van der Waals surface area (Å²) in [7, 11) is 0. The van der Waals surface area contributed by atoms with Crippen LogP contribution >= 0.6 is 23.2 Å². The first-order chi connectivity index (χ1) is 15.5. The molecule has 6 nitrogen and oxygen atoms in total. The fourth-order valence-electron chi connectivity index (χ4n) is 3.91. The highest BCUT2D eigenvalue weighted by Crippen LogP contribution is 2.24. The molecule has 1 saturated carbocycles. The lowest BCUT2D eigenvalue weighted by Crippen LogP contribution is -2.44. The van der Waals surface area contributed by atoms with E-state index in [-0.39, 0.29) is 18.6 Å². The number of carbonyl (C=O) groups excluding carboxylic acids is 1. The Labute approximate surface area is 196 Å². The van der Waals surface area contributed by atoms with E-state index in [0.29, 0.717) is 39.7 Å². The average Bonchev–Trinajstić information content (AvgIpc) is 3.21. The molecule has 1 fully saturated rings. The molecule has 1 aliphatic carbocycles. The van der Waals surface area contributed by atoms with Gasteiger partial charge in [0.05, 0.1) is 0 Å². The highest BCUT2D eigenvalue weighted by Gasteiger charge is 2.24. The van der Waals surface area contributed by atoms with Crippen LogP contribution in [0.4, 0.5) is 0 Å². The summed E-state index contributed by atoms with van der Waals surface area (Å²) in [6.45, 7) is 0.666. The molecule has 0 bridgehead atoms. The number of nitrogens with one attached hydrogen (secondary N) is 2. The fraction of sp³-hybridized carbons (Fsp3) is 0.375. The normalized spacial score (nSPS) is 19.6. The van der Waals surface area contributed by atoms with Gasteiger partial charge < -0.3 is 24.9 Å². The maximum absolute atomic E-state index is 12.6. The summed E-state index contributed by atoms with van der Waals surface area (Å²) in [5.41, 5.74) is 0.644. The zero-order valence-corrected chi connectivity index (χ0v) is 19.0. The molecule has 0 aliphatic heterocycles. The summed E-state index contributed by atoms with van der Waals surface area (Å²) in [6.07, 6.45) is 2.97. The Bertz CT molecular complexity index is 1050. The number of halogens is 2. The molecule has 1 aromatic heterocycles. The molecule has 2 aromatic carbocycles. The summed E-state index contributed by atoms with van der Waals surface area (Å²) in [4.78, 5) is 12.6. The topological polar surface area (TPSA) is 83.7 Å². The maximum atomic E-state index is 12.6. The minimum atomic E-state index is -0.607. The van der Waals surface area contributed by atoms with Gasteiger partial charge in [0, 0.05) is 34.1 Å². The average molecular weight is 477 g/mol. The van der Waals surface area contributed by atoms with E-state index in [0.717, 1.165) is 31.1 Å². The maximum Gasteiger partial charge on any atom is 0.287 e. The first-order valence-corrected chi connectivity index (χ1v) is 11.5. The van der Waals surface area contributed by atoms with Crippen molar-refractivity contribution in [3.63, 3.8) is 0 Å². The molecule has 170 valence electrons. The lowest BCUT2D eigenvalue weighted by atomic mass is 9.91. The number of aliphatic hydroxyl groups excluding tert-OH is 1. The van der Waals surface area contributed by atoms with Crippen molar-refractivity contribution in [1.29, 1.82) is 0 Å². The molecule has 0 radical (unpaired) electrons. The van der Waals surface area contributed by atoms with Gasteiger partial charge in [-0.2, -0.15) is 0 Å². The van der Waals surface area contributed by atoms with Gasteiger partial charge in [-0.1, -0.05) is 23.2 Å². The lowest BCUT2D eigenvalue weighted by Gasteiger charge is -2.30. The van der Waals surface area contributed by atoms with Crippen LogP contribution in [-0.2, 0) is 0 Å². The van der Waals surface area contributed by atoms with Gasteiger partial charge in [-0.05, 0) is 74.2 Å². The van der Waals surface area contributed by atoms with Crippen LogP contribution in [0.3, 0.4) is 0 Å². The smallest absolute Gasteiger partial charge is 0.287 e. The van der Waals surface area contributed by atoms with Gasteiger partial charge in [0.1, 0.15) is 24.0 Å². The summed E-state index contributed by atoms with van der Waals surface area (Å²) in [6, 6.07) is 14.5. The molecule has 1 heterocycles. The Morgan fingerprint density at radius 1 is 1.03 bits per heavy atom. The zero-order chi connectivity index (χ0) is 22.5. The number of hydrogen-bond acceptors (Lipinski definition) is 5. The molecule has 0 unspecified atom stereocenters. The van der Waals surface area contributed by atoms with Crippen molar-refractivity contribution in [2.75, 3.05) is 13.2 Å². The van der Waals surface area contributed by atoms with Crippen molar-refractivity contribution >= 4 is 40.1 Å². The second-order valence-electron chi connectivity index (χ2n) is 8.14. The molecule has 0 spiro atoms. The summed E-state index contributed by atoms with van der Waals surface area (Å²) in [5, 5.41) is 18.7. The Balaban J connectivity index is 1.16. The molecular formula is C24H26Cl2N2O4. The van der Waals surface area contributed by atoms with E-state index in [9.17, 15) is 9.90 Å². The predicted molar refractivity (Wildman–Crippen MR) is 126 cm³/mol. The van der Waals surface area contributed by atoms with E-state index in [2.05, 4.69) is 10.6 Å². The van der Waals surface area contributed by atoms with Gasteiger partial charge in [-0.25, -0.2) is 0 Å². The Hall–Kier alpha value is -2.25. The largest absolute Gasteiger partial charge is 0.491 e. The number of hydrogen-bond donors (Lipinski definition) is 3. The third kappa shape index (κ3) is 6.17. The highest BCUT2D eigenvalue weighted by molar-refractivity contribution is 6.31. The minimum absolute atomic E-state index is 0.107. The Morgan fingerprint density at radius 2 is 1.72 bits per heavy atom. The number of rotatable bonds is 8. The lowest BCUT2D eigenvalue weighted by molar-refractivity contribution is 0.0891. The number of ether oxygens (including phenoxy) is 1. The molecule has 3 aromatic rings. The van der Waals surface area contributed by atoms with E-state index in [1.54, 1.807) is 48.5 Å².